The normalized spacial score (nSPS) is 15.7. The number of anilines is 1. The minimum absolute atomic E-state index is 0.0344. The highest BCUT2D eigenvalue weighted by Crippen LogP contribution is 2.14. The van der Waals surface area contributed by atoms with Gasteiger partial charge in [-0.2, -0.15) is 0 Å². The summed E-state index contributed by atoms with van der Waals surface area (Å²) in [5.74, 6) is 0.579. The van der Waals surface area contributed by atoms with Crippen molar-refractivity contribution in [2.24, 2.45) is 0 Å². The maximum atomic E-state index is 12.1. The first-order valence-electron chi connectivity index (χ1n) is 6.94. The summed E-state index contributed by atoms with van der Waals surface area (Å²) in [4.78, 5) is 18.1. The highest BCUT2D eigenvalue weighted by Gasteiger charge is 2.15. The number of hydrogen-bond donors (Lipinski definition) is 1. The molecule has 1 fully saturated rings. The van der Waals surface area contributed by atoms with Crippen molar-refractivity contribution in [3.8, 4) is 5.88 Å². The summed E-state index contributed by atoms with van der Waals surface area (Å²) in [6.45, 7) is 4.19. The first-order valence-corrected chi connectivity index (χ1v) is 6.94. The van der Waals surface area contributed by atoms with Crippen LogP contribution in [0.15, 0.2) is 18.3 Å². The van der Waals surface area contributed by atoms with Crippen LogP contribution < -0.4 is 10.1 Å². The molecule has 19 heavy (non-hydrogen) atoms. The second kappa shape index (κ2) is 6.97. The molecule has 104 valence electrons. The summed E-state index contributed by atoms with van der Waals surface area (Å²) in [6.07, 6.45) is 6.24. The third-order valence-electron chi connectivity index (χ3n) is 3.17. The summed E-state index contributed by atoms with van der Waals surface area (Å²) >= 11 is 0. The summed E-state index contributed by atoms with van der Waals surface area (Å²) in [6, 6.07) is 3.54. The van der Waals surface area contributed by atoms with E-state index in [1.54, 1.807) is 12.3 Å². The van der Waals surface area contributed by atoms with E-state index in [4.69, 9.17) is 4.74 Å². The number of carbonyl (C=O) groups excluding carboxylic acids is 1. The third kappa shape index (κ3) is 4.12. The zero-order valence-corrected chi connectivity index (χ0v) is 11.4. The number of ether oxygens (including phenoxy) is 1. The van der Waals surface area contributed by atoms with Gasteiger partial charge in [-0.3, -0.25) is 0 Å². The molecule has 1 aliphatic heterocycles. The van der Waals surface area contributed by atoms with E-state index in [0.717, 1.165) is 25.9 Å². The maximum absolute atomic E-state index is 12.1. The van der Waals surface area contributed by atoms with Gasteiger partial charge in [-0.25, -0.2) is 9.78 Å². The molecule has 5 heteroatoms. The van der Waals surface area contributed by atoms with Gasteiger partial charge in [-0.1, -0.05) is 12.8 Å². The number of pyridine rings is 1. The number of likely N-dealkylation sites (tertiary alicyclic amines) is 1. The average Bonchev–Trinajstić information content (AvgIpc) is 2.70. The Hall–Kier alpha value is -1.78. The lowest BCUT2D eigenvalue weighted by molar-refractivity contribution is 0.213. The molecule has 1 aromatic heterocycles. The lowest BCUT2D eigenvalue weighted by atomic mass is 10.2. The second-order valence-corrected chi connectivity index (χ2v) is 4.65. The Bertz CT molecular complexity index is 398. The molecular formula is C14H21N3O2. The molecule has 0 unspecified atom stereocenters. The van der Waals surface area contributed by atoms with Crippen molar-refractivity contribution in [1.82, 2.24) is 9.88 Å². The highest BCUT2D eigenvalue weighted by atomic mass is 16.5. The van der Waals surface area contributed by atoms with Gasteiger partial charge in [0.15, 0.2) is 0 Å². The number of urea groups is 1. The van der Waals surface area contributed by atoms with E-state index in [-0.39, 0.29) is 6.03 Å². The minimum Gasteiger partial charge on any atom is -0.478 e. The summed E-state index contributed by atoms with van der Waals surface area (Å²) in [7, 11) is 0. The van der Waals surface area contributed by atoms with E-state index >= 15 is 0 Å². The Morgan fingerprint density at radius 3 is 2.63 bits per heavy atom. The zero-order chi connectivity index (χ0) is 13.5. The van der Waals surface area contributed by atoms with Crippen LogP contribution >= 0.6 is 0 Å². The van der Waals surface area contributed by atoms with Crippen LogP contribution in [0.4, 0.5) is 10.5 Å². The highest BCUT2D eigenvalue weighted by molar-refractivity contribution is 5.89. The first-order chi connectivity index (χ1) is 9.29. The predicted octanol–water partition coefficient (Wildman–Crippen LogP) is 2.89. The molecule has 0 aromatic carbocycles. The molecular weight excluding hydrogens is 242 g/mol. The Kier molecular flexibility index (Phi) is 5.01. The molecule has 0 spiro atoms. The molecule has 0 atom stereocenters. The molecule has 5 nitrogen and oxygen atoms in total. The average molecular weight is 263 g/mol. The van der Waals surface area contributed by atoms with Crippen LogP contribution in [0.25, 0.3) is 0 Å². The molecule has 0 radical (unpaired) electrons. The van der Waals surface area contributed by atoms with Gasteiger partial charge in [-0.05, 0) is 25.8 Å². The zero-order valence-electron chi connectivity index (χ0n) is 11.4. The molecule has 1 aliphatic rings. The van der Waals surface area contributed by atoms with Crippen LogP contribution in [0.3, 0.4) is 0 Å². The Morgan fingerprint density at radius 2 is 2.05 bits per heavy atom. The minimum atomic E-state index is -0.0344. The van der Waals surface area contributed by atoms with Gasteiger partial charge in [0, 0.05) is 19.2 Å². The fourth-order valence-electron chi connectivity index (χ4n) is 2.16. The molecule has 0 saturated carbocycles. The number of aromatic nitrogens is 1. The third-order valence-corrected chi connectivity index (χ3v) is 3.17. The number of amides is 2. The van der Waals surface area contributed by atoms with Gasteiger partial charge in [0.05, 0.1) is 18.5 Å². The SMILES string of the molecule is CCOc1ccc(NC(=O)N2CCCCCC2)cn1. The van der Waals surface area contributed by atoms with Crippen molar-refractivity contribution in [2.75, 3.05) is 25.0 Å². The van der Waals surface area contributed by atoms with E-state index in [2.05, 4.69) is 10.3 Å². The first kappa shape index (κ1) is 13.6. The van der Waals surface area contributed by atoms with Crippen molar-refractivity contribution in [3.63, 3.8) is 0 Å². The van der Waals surface area contributed by atoms with Crippen LogP contribution in [0.1, 0.15) is 32.6 Å². The van der Waals surface area contributed by atoms with Gasteiger partial charge in [0.25, 0.3) is 0 Å². The van der Waals surface area contributed by atoms with Crippen LogP contribution in [-0.4, -0.2) is 35.6 Å². The number of nitrogens with zero attached hydrogens (tertiary/aromatic N) is 2. The monoisotopic (exact) mass is 263 g/mol. The fourth-order valence-corrected chi connectivity index (χ4v) is 2.16. The van der Waals surface area contributed by atoms with Crippen molar-refractivity contribution in [3.05, 3.63) is 18.3 Å². The lowest BCUT2D eigenvalue weighted by Gasteiger charge is -2.20. The van der Waals surface area contributed by atoms with Gasteiger partial charge < -0.3 is 15.0 Å². The summed E-state index contributed by atoms with van der Waals surface area (Å²) in [5, 5.41) is 2.88. The van der Waals surface area contributed by atoms with E-state index in [1.807, 2.05) is 17.9 Å². The summed E-state index contributed by atoms with van der Waals surface area (Å²) in [5.41, 5.74) is 0.706. The van der Waals surface area contributed by atoms with E-state index in [9.17, 15) is 4.79 Å². The molecule has 2 rings (SSSR count). The Morgan fingerprint density at radius 1 is 1.32 bits per heavy atom. The van der Waals surface area contributed by atoms with Crippen molar-refractivity contribution in [1.29, 1.82) is 0 Å². The van der Waals surface area contributed by atoms with Gasteiger partial charge in [0.2, 0.25) is 5.88 Å². The number of carbonyl (C=O) groups is 1. The van der Waals surface area contributed by atoms with E-state index in [1.165, 1.54) is 12.8 Å². The Labute approximate surface area is 114 Å². The van der Waals surface area contributed by atoms with Crippen LogP contribution in [0.5, 0.6) is 5.88 Å². The number of hydrogen-bond acceptors (Lipinski definition) is 3. The quantitative estimate of drug-likeness (QED) is 0.912. The largest absolute Gasteiger partial charge is 0.478 e. The van der Waals surface area contributed by atoms with Crippen molar-refractivity contribution >= 4 is 11.7 Å². The molecule has 0 bridgehead atoms. The second-order valence-electron chi connectivity index (χ2n) is 4.65. The van der Waals surface area contributed by atoms with Gasteiger partial charge in [0.1, 0.15) is 0 Å². The Balaban J connectivity index is 1.90. The number of rotatable bonds is 3. The molecule has 1 aromatic rings. The lowest BCUT2D eigenvalue weighted by Crippen LogP contribution is -2.35. The van der Waals surface area contributed by atoms with Gasteiger partial charge in [-0.15, -0.1) is 0 Å². The van der Waals surface area contributed by atoms with Crippen LogP contribution in [-0.2, 0) is 0 Å². The number of nitrogens with one attached hydrogen (secondary N) is 1. The topological polar surface area (TPSA) is 54.5 Å². The van der Waals surface area contributed by atoms with Crippen LogP contribution in [0.2, 0.25) is 0 Å². The molecule has 1 saturated heterocycles. The summed E-state index contributed by atoms with van der Waals surface area (Å²) < 4.78 is 5.26. The van der Waals surface area contributed by atoms with Crippen LogP contribution in [0, 0.1) is 0 Å². The van der Waals surface area contributed by atoms with Crippen molar-refractivity contribution < 1.29 is 9.53 Å². The standard InChI is InChI=1S/C14H21N3O2/c1-2-19-13-8-7-12(11-15-13)16-14(18)17-9-5-3-4-6-10-17/h7-8,11H,2-6,9-10H2,1H3,(H,16,18). The predicted molar refractivity (Wildman–Crippen MR) is 74.5 cm³/mol. The molecule has 1 N–H and O–H groups in total. The smallest absolute Gasteiger partial charge is 0.321 e. The van der Waals surface area contributed by atoms with E-state index < -0.39 is 0 Å². The van der Waals surface area contributed by atoms with Gasteiger partial charge >= 0.3 is 6.03 Å². The fraction of sp³-hybridized carbons (Fsp3) is 0.571. The van der Waals surface area contributed by atoms with E-state index in [0.29, 0.717) is 18.2 Å². The molecule has 0 aliphatic carbocycles. The van der Waals surface area contributed by atoms with Crippen molar-refractivity contribution in [2.45, 2.75) is 32.6 Å². The molecule has 2 amide bonds. The molecule has 2 heterocycles. The maximum Gasteiger partial charge on any atom is 0.321 e.